The van der Waals surface area contributed by atoms with Gasteiger partial charge in [-0.05, 0) is 34.7 Å². The Labute approximate surface area is 134 Å². The third-order valence-corrected chi connectivity index (χ3v) is 4.47. The lowest BCUT2D eigenvalue weighted by Crippen LogP contribution is -2.49. The Balaban J connectivity index is 1.52. The van der Waals surface area contributed by atoms with E-state index in [1.165, 1.54) is 12.3 Å². The van der Waals surface area contributed by atoms with E-state index in [0.29, 0.717) is 25.4 Å². The Morgan fingerprint density at radius 3 is 2.65 bits per heavy atom. The highest BCUT2D eigenvalue weighted by Gasteiger charge is 2.24. The highest BCUT2D eigenvalue weighted by Crippen LogP contribution is 2.22. The number of carbonyl (C=O) groups excluding carboxylic acids is 1. The van der Waals surface area contributed by atoms with Crippen LogP contribution in [0.4, 0.5) is 11.5 Å². The Bertz CT molecular complexity index is 606. The molecule has 23 heavy (non-hydrogen) atoms. The lowest BCUT2D eigenvalue weighted by atomic mass is 10.0. The molecule has 3 rings (SSSR count). The lowest BCUT2D eigenvalue weighted by Gasteiger charge is -2.36. The molecule has 0 radical (unpaired) electrons. The molecular formula is C16H20N4O3. The molecule has 0 bridgehead atoms. The van der Waals surface area contributed by atoms with Crippen LogP contribution in [-0.2, 0) is 4.79 Å². The number of hydrogen-bond donors (Lipinski definition) is 0. The molecule has 2 aliphatic rings. The van der Waals surface area contributed by atoms with Gasteiger partial charge >= 0.3 is 5.82 Å². The standard InChI is InChI=1S/C16H20N4O3/c21-16(11-13-3-1-2-4-13)19-9-7-18(8-10-19)14-5-6-15(17-12-14)20(22)23/h1,3,5-6,12-13H,2,4,7-11H2/t13-/m0/s1. The van der Waals surface area contributed by atoms with Crippen molar-refractivity contribution in [3.8, 4) is 0 Å². The number of pyridine rings is 1. The average molecular weight is 316 g/mol. The van der Waals surface area contributed by atoms with E-state index in [0.717, 1.165) is 31.6 Å². The summed E-state index contributed by atoms with van der Waals surface area (Å²) >= 11 is 0. The highest BCUT2D eigenvalue weighted by molar-refractivity contribution is 5.77. The molecule has 1 saturated heterocycles. The summed E-state index contributed by atoms with van der Waals surface area (Å²) in [6.07, 6.45) is 8.60. The van der Waals surface area contributed by atoms with Gasteiger partial charge < -0.3 is 19.9 Å². The molecule has 1 aliphatic heterocycles. The summed E-state index contributed by atoms with van der Waals surface area (Å²) in [5.74, 6) is 0.481. The van der Waals surface area contributed by atoms with Crippen molar-refractivity contribution >= 4 is 17.4 Å². The Kier molecular flexibility index (Phi) is 4.55. The zero-order valence-electron chi connectivity index (χ0n) is 12.9. The van der Waals surface area contributed by atoms with E-state index in [2.05, 4.69) is 22.0 Å². The molecule has 2 heterocycles. The zero-order valence-corrected chi connectivity index (χ0v) is 12.9. The van der Waals surface area contributed by atoms with Crippen molar-refractivity contribution < 1.29 is 9.72 Å². The van der Waals surface area contributed by atoms with Crippen LogP contribution in [0.2, 0.25) is 0 Å². The van der Waals surface area contributed by atoms with E-state index in [1.807, 2.05) is 4.90 Å². The van der Waals surface area contributed by atoms with Gasteiger partial charge in [-0.3, -0.25) is 4.79 Å². The van der Waals surface area contributed by atoms with Crippen LogP contribution in [0.15, 0.2) is 30.5 Å². The van der Waals surface area contributed by atoms with Gasteiger partial charge in [0.2, 0.25) is 5.91 Å². The van der Waals surface area contributed by atoms with Crippen molar-refractivity contribution in [2.24, 2.45) is 5.92 Å². The first-order valence-corrected chi connectivity index (χ1v) is 7.93. The van der Waals surface area contributed by atoms with Crippen LogP contribution in [0.5, 0.6) is 0 Å². The molecule has 1 amide bonds. The zero-order chi connectivity index (χ0) is 16.2. The fraction of sp³-hybridized carbons (Fsp3) is 0.500. The number of allylic oxidation sites excluding steroid dienone is 2. The number of carbonyl (C=O) groups is 1. The summed E-state index contributed by atoms with van der Waals surface area (Å²) < 4.78 is 0. The van der Waals surface area contributed by atoms with Crippen LogP contribution in [0.1, 0.15) is 19.3 Å². The van der Waals surface area contributed by atoms with Crippen molar-refractivity contribution in [2.45, 2.75) is 19.3 Å². The van der Waals surface area contributed by atoms with Gasteiger partial charge in [0, 0.05) is 38.7 Å². The molecule has 1 atom stereocenters. The van der Waals surface area contributed by atoms with E-state index in [9.17, 15) is 14.9 Å². The van der Waals surface area contributed by atoms with Crippen molar-refractivity contribution in [1.82, 2.24) is 9.88 Å². The summed E-state index contributed by atoms with van der Waals surface area (Å²) in [4.78, 5) is 30.3. The quantitative estimate of drug-likeness (QED) is 0.482. The van der Waals surface area contributed by atoms with Gasteiger partial charge in [0.25, 0.3) is 0 Å². The van der Waals surface area contributed by atoms with Crippen LogP contribution in [0.3, 0.4) is 0 Å². The number of rotatable bonds is 4. The summed E-state index contributed by atoms with van der Waals surface area (Å²) in [6, 6.07) is 3.13. The number of hydrogen-bond acceptors (Lipinski definition) is 5. The van der Waals surface area contributed by atoms with Crippen LogP contribution in [0.25, 0.3) is 0 Å². The second kappa shape index (κ2) is 6.76. The third-order valence-electron chi connectivity index (χ3n) is 4.47. The van der Waals surface area contributed by atoms with Crippen molar-refractivity contribution in [2.75, 3.05) is 31.1 Å². The molecule has 7 nitrogen and oxygen atoms in total. The molecule has 1 aromatic heterocycles. The first-order valence-electron chi connectivity index (χ1n) is 7.93. The van der Waals surface area contributed by atoms with E-state index in [4.69, 9.17) is 0 Å². The lowest BCUT2D eigenvalue weighted by molar-refractivity contribution is -0.389. The summed E-state index contributed by atoms with van der Waals surface area (Å²) in [6.45, 7) is 2.83. The number of amides is 1. The number of piperazine rings is 1. The Morgan fingerprint density at radius 2 is 2.09 bits per heavy atom. The fourth-order valence-corrected chi connectivity index (χ4v) is 3.11. The second-order valence-corrected chi connectivity index (χ2v) is 5.97. The van der Waals surface area contributed by atoms with E-state index in [1.54, 1.807) is 6.07 Å². The predicted molar refractivity (Wildman–Crippen MR) is 86.2 cm³/mol. The number of nitro groups is 1. The summed E-state index contributed by atoms with van der Waals surface area (Å²) in [5, 5.41) is 10.6. The van der Waals surface area contributed by atoms with Crippen LogP contribution in [-0.4, -0.2) is 46.9 Å². The fourth-order valence-electron chi connectivity index (χ4n) is 3.11. The van der Waals surface area contributed by atoms with Crippen LogP contribution in [0, 0.1) is 16.0 Å². The van der Waals surface area contributed by atoms with E-state index in [-0.39, 0.29) is 11.7 Å². The molecule has 0 saturated carbocycles. The molecular weight excluding hydrogens is 296 g/mol. The third kappa shape index (κ3) is 3.67. The van der Waals surface area contributed by atoms with Gasteiger partial charge in [-0.15, -0.1) is 0 Å². The Hall–Kier alpha value is -2.44. The molecule has 0 unspecified atom stereocenters. The predicted octanol–water partition coefficient (Wildman–Crippen LogP) is 1.99. The number of nitrogens with zero attached hydrogens (tertiary/aromatic N) is 4. The minimum atomic E-state index is -0.502. The minimum absolute atomic E-state index is 0.146. The Morgan fingerprint density at radius 1 is 1.30 bits per heavy atom. The van der Waals surface area contributed by atoms with E-state index >= 15 is 0 Å². The maximum atomic E-state index is 12.3. The van der Waals surface area contributed by atoms with Gasteiger partial charge in [-0.25, -0.2) is 0 Å². The van der Waals surface area contributed by atoms with Gasteiger partial charge in [-0.2, -0.15) is 0 Å². The molecule has 0 N–H and O–H groups in total. The first-order chi connectivity index (χ1) is 11.1. The molecule has 122 valence electrons. The molecule has 0 spiro atoms. The molecule has 1 aliphatic carbocycles. The number of anilines is 1. The second-order valence-electron chi connectivity index (χ2n) is 5.97. The molecule has 1 aromatic rings. The van der Waals surface area contributed by atoms with Crippen molar-refractivity contribution in [3.63, 3.8) is 0 Å². The maximum absolute atomic E-state index is 12.3. The first kappa shape index (κ1) is 15.5. The van der Waals surface area contributed by atoms with Crippen LogP contribution >= 0.6 is 0 Å². The van der Waals surface area contributed by atoms with Crippen molar-refractivity contribution in [1.29, 1.82) is 0 Å². The largest absolute Gasteiger partial charge is 0.365 e. The van der Waals surface area contributed by atoms with Gasteiger partial charge in [0.1, 0.15) is 0 Å². The smallest absolute Gasteiger partial charge is 0.363 e. The maximum Gasteiger partial charge on any atom is 0.363 e. The molecule has 7 heteroatoms. The molecule has 1 fully saturated rings. The summed E-state index contributed by atoms with van der Waals surface area (Å²) in [7, 11) is 0. The average Bonchev–Trinajstić information content (AvgIpc) is 3.08. The van der Waals surface area contributed by atoms with Gasteiger partial charge in [0.15, 0.2) is 6.20 Å². The van der Waals surface area contributed by atoms with E-state index < -0.39 is 4.92 Å². The highest BCUT2D eigenvalue weighted by atomic mass is 16.6. The SMILES string of the molecule is O=C(C[C@H]1C=CCC1)N1CCN(c2ccc([N+](=O)[O-])nc2)CC1. The topological polar surface area (TPSA) is 79.6 Å². The minimum Gasteiger partial charge on any atom is -0.365 e. The number of aromatic nitrogens is 1. The van der Waals surface area contributed by atoms with Crippen molar-refractivity contribution in [3.05, 3.63) is 40.6 Å². The summed E-state index contributed by atoms with van der Waals surface area (Å²) in [5.41, 5.74) is 0.862. The normalized spacial score (nSPS) is 20.8. The van der Waals surface area contributed by atoms with Gasteiger partial charge in [-0.1, -0.05) is 12.2 Å². The van der Waals surface area contributed by atoms with Gasteiger partial charge in [0.05, 0.1) is 5.69 Å². The monoisotopic (exact) mass is 316 g/mol. The molecule has 0 aromatic carbocycles. The van der Waals surface area contributed by atoms with Crippen LogP contribution < -0.4 is 4.90 Å².